The van der Waals surface area contributed by atoms with Crippen LogP contribution in [0.3, 0.4) is 0 Å². The van der Waals surface area contributed by atoms with Crippen molar-refractivity contribution < 1.29 is 14.4 Å². The topological polar surface area (TPSA) is 70.1 Å². The summed E-state index contributed by atoms with van der Waals surface area (Å²) in [4.78, 5) is 41.3. The normalized spacial score (nSPS) is 17.4. The molecule has 0 aromatic heterocycles. The molecule has 0 saturated carbocycles. The Kier molecular flexibility index (Phi) is 3.93. The van der Waals surface area contributed by atoms with Gasteiger partial charge in [0, 0.05) is 20.3 Å². The Balaban J connectivity index is 2.09. The summed E-state index contributed by atoms with van der Waals surface area (Å²) in [5, 5.41) is 0. The zero-order valence-electron chi connectivity index (χ0n) is 11.3. The standard InChI is InChI=1S/C14H15N3O3/c1-16-12(18)11(13(19)17(2)14(16)20)9-15-8-10-6-4-3-5-7-10/h3-7,9,11H,8H2,1-2H3. The number of imide groups is 2. The molecule has 2 rings (SSSR count). The van der Waals surface area contributed by atoms with Gasteiger partial charge in [0.15, 0.2) is 5.92 Å². The minimum Gasteiger partial charge on any atom is -0.291 e. The highest BCUT2D eigenvalue weighted by molar-refractivity contribution is 6.23. The number of hydrogen-bond donors (Lipinski definition) is 0. The third kappa shape index (κ3) is 2.59. The van der Waals surface area contributed by atoms with Crippen molar-refractivity contribution in [3.63, 3.8) is 0 Å². The third-order valence-electron chi connectivity index (χ3n) is 3.14. The molecule has 1 heterocycles. The molecule has 6 heteroatoms. The Morgan fingerprint density at radius 3 is 2.15 bits per heavy atom. The van der Waals surface area contributed by atoms with Crippen molar-refractivity contribution in [2.45, 2.75) is 6.54 Å². The Labute approximate surface area is 116 Å². The van der Waals surface area contributed by atoms with Crippen molar-refractivity contribution in [1.82, 2.24) is 9.80 Å². The predicted octanol–water partition coefficient (Wildman–Crippen LogP) is 0.924. The number of carbonyl (C=O) groups is 3. The largest absolute Gasteiger partial charge is 0.332 e. The number of carbonyl (C=O) groups excluding carboxylic acids is 3. The van der Waals surface area contributed by atoms with Gasteiger partial charge in [0.2, 0.25) is 11.8 Å². The molecule has 0 radical (unpaired) electrons. The maximum atomic E-state index is 11.9. The quantitative estimate of drug-likeness (QED) is 0.607. The average Bonchev–Trinajstić information content (AvgIpc) is 2.48. The first-order valence-corrected chi connectivity index (χ1v) is 6.15. The van der Waals surface area contributed by atoms with E-state index < -0.39 is 23.8 Å². The maximum absolute atomic E-state index is 11.9. The molecule has 0 spiro atoms. The Morgan fingerprint density at radius 2 is 1.60 bits per heavy atom. The summed E-state index contributed by atoms with van der Waals surface area (Å²) in [6.45, 7) is 0.388. The SMILES string of the molecule is CN1C(=O)C(C=NCc2ccccc2)C(=O)N(C)C1=O. The van der Waals surface area contributed by atoms with E-state index in [-0.39, 0.29) is 0 Å². The van der Waals surface area contributed by atoms with Crippen molar-refractivity contribution in [3.05, 3.63) is 35.9 Å². The molecule has 1 saturated heterocycles. The Bertz CT molecular complexity index is 544. The fourth-order valence-electron chi connectivity index (χ4n) is 1.91. The van der Waals surface area contributed by atoms with Crippen LogP contribution in [0.2, 0.25) is 0 Å². The monoisotopic (exact) mass is 273 g/mol. The highest BCUT2D eigenvalue weighted by atomic mass is 16.2. The van der Waals surface area contributed by atoms with Crippen LogP contribution >= 0.6 is 0 Å². The van der Waals surface area contributed by atoms with Crippen molar-refractivity contribution in [3.8, 4) is 0 Å². The van der Waals surface area contributed by atoms with Gasteiger partial charge in [-0.15, -0.1) is 0 Å². The number of urea groups is 1. The molecule has 1 aliphatic heterocycles. The number of amides is 4. The minimum absolute atomic E-state index is 0.388. The van der Waals surface area contributed by atoms with Gasteiger partial charge in [-0.25, -0.2) is 4.79 Å². The second-order valence-corrected chi connectivity index (χ2v) is 4.53. The zero-order valence-corrected chi connectivity index (χ0v) is 11.3. The molecular formula is C14H15N3O3. The van der Waals surface area contributed by atoms with Crippen molar-refractivity contribution in [1.29, 1.82) is 0 Å². The van der Waals surface area contributed by atoms with Gasteiger partial charge in [-0.3, -0.25) is 24.4 Å². The number of rotatable bonds is 3. The van der Waals surface area contributed by atoms with Gasteiger partial charge in [0.25, 0.3) is 0 Å². The van der Waals surface area contributed by atoms with Crippen LogP contribution in [0.15, 0.2) is 35.3 Å². The second-order valence-electron chi connectivity index (χ2n) is 4.53. The number of barbiturate groups is 1. The van der Waals surface area contributed by atoms with Crippen LogP contribution in [0.1, 0.15) is 5.56 Å². The molecule has 1 aromatic carbocycles. The highest BCUT2D eigenvalue weighted by Crippen LogP contribution is 2.13. The maximum Gasteiger partial charge on any atom is 0.332 e. The summed E-state index contributed by atoms with van der Waals surface area (Å²) in [6, 6.07) is 8.88. The van der Waals surface area contributed by atoms with E-state index in [0.29, 0.717) is 6.54 Å². The number of aliphatic imine (C=N–C) groups is 1. The molecule has 1 aromatic rings. The molecule has 1 fully saturated rings. The van der Waals surface area contributed by atoms with Crippen molar-refractivity contribution in [2.75, 3.05) is 14.1 Å². The van der Waals surface area contributed by atoms with Crippen LogP contribution in [0.4, 0.5) is 4.79 Å². The van der Waals surface area contributed by atoms with Gasteiger partial charge in [0.1, 0.15) is 0 Å². The van der Waals surface area contributed by atoms with E-state index in [2.05, 4.69) is 4.99 Å². The molecule has 20 heavy (non-hydrogen) atoms. The smallest absolute Gasteiger partial charge is 0.291 e. The fourth-order valence-corrected chi connectivity index (χ4v) is 1.91. The lowest BCUT2D eigenvalue weighted by atomic mass is 10.1. The summed E-state index contributed by atoms with van der Waals surface area (Å²) in [5.74, 6) is -2.11. The van der Waals surface area contributed by atoms with Crippen LogP contribution < -0.4 is 0 Å². The van der Waals surface area contributed by atoms with Crippen molar-refractivity contribution >= 4 is 24.1 Å². The second kappa shape index (κ2) is 5.64. The Hall–Kier alpha value is -2.50. The minimum atomic E-state index is -1.02. The lowest BCUT2D eigenvalue weighted by Crippen LogP contribution is -2.57. The molecule has 6 nitrogen and oxygen atoms in total. The van der Waals surface area contributed by atoms with Crippen LogP contribution in [0, 0.1) is 5.92 Å². The highest BCUT2D eigenvalue weighted by Gasteiger charge is 2.41. The summed E-state index contributed by atoms with van der Waals surface area (Å²) < 4.78 is 0. The number of hydrogen-bond acceptors (Lipinski definition) is 4. The molecule has 0 N–H and O–H groups in total. The van der Waals surface area contributed by atoms with E-state index in [9.17, 15) is 14.4 Å². The van der Waals surface area contributed by atoms with Gasteiger partial charge in [-0.2, -0.15) is 0 Å². The van der Waals surface area contributed by atoms with Gasteiger partial charge < -0.3 is 0 Å². The zero-order chi connectivity index (χ0) is 14.7. The van der Waals surface area contributed by atoms with E-state index in [4.69, 9.17) is 0 Å². The summed E-state index contributed by atoms with van der Waals surface area (Å²) in [5.41, 5.74) is 0.984. The van der Waals surface area contributed by atoms with E-state index in [1.807, 2.05) is 30.3 Å². The van der Waals surface area contributed by atoms with Crippen LogP contribution in [-0.4, -0.2) is 48.0 Å². The van der Waals surface area contributed by atoms with Crippen molar-refractivity contribution in [2.24, 2.45) is 10.9 Å². The van der Waals surface area contributed by atoms with Gasteiger partial charge >= 0.3 is 6.03 Å². The molecule has 0 bridgehead atoms. The first kappa shape index (κ1) is 13.9. The van der Waals surface area contributed by atoms with Crippen LogP contribution in [-0.2, 0) is 16.1 Å². The van der Waals surface area contributed by atoms with Crippen LogP contribution in [0.25, 0.3) is 0 Å². The Morgan fingerprint density at radius 1 is 1.05 bits per heavy atom. The predicted molar refractivity (Wildman–Crippen MR) is 73.1 cm³/mol. The fraction of sp³-hybridized carbons (Fsp3) is 0.286. The molecular weight excluding hydrogens is 258 g/mol. The average molecular weight is 273 g/mol. The summed E-state index contributed by atoms with van der Waals surface area (Å²) in [7, 11) is 2.71. The van der Waals surface area contributed by atoms with E-state index in [1.54, 1.807) is 0 Å². The molecule has 4 amide bonds. The first-order chi connectivity index (χ1) is 9.52. The summed E-state index contributed by atoms with van der Waals surface area (Å²) >= 11 is 0. The number of benzene rings is 1. The van der Waals surface area contributed by atoms with E-state index in [0.717, 1.165) is 15.4 Å². The van der Waals surface area contributed by atoms with E-state index in [1.165, 1.54) is 20.3 Å². The number of nitrogens with zero attached hydrogens (tertiary/aromatic N) is 3. The lowest BCUT2D eigenvalue weighted by Gasteiger charge is -2.31. The molecule has 0 atom stereocenters. The molecule has 0 aliphatic carbocycles. The molecule has 104 valence electrons. The summed E-state index contributed by atoms with van der Waals surface area (Å²) in [6.07, 6.45) is 1.32. The lowest BCUT2D eigenvalue weighted by molar-refractivity contribution is -0.144. The molecule has 1 aliphatic rings. The van der Waals surface area contributed by atoms with E-state index >= 15 is 0 Å². The van der Waals surface area contributed by atoms with Gasteiger partial charge in [-0.1, -0.05) is 30.3 Å². The van der Waals surface area contributed by atoms with Gasteiger partial charge in [-0.05, 0) is 5.56 Å². The molecule has 0 unspecified atom stereocenters. The third-order valence-corrected chi connectivity index (χ3v) is 3.14. The van der Waals surface area contributed by atoms with Crippen LogP contribution in [0.5, 0.6) is 0 Å². The van der Waals surface area contributed by atoms with Gasteiger partial charge in [0.05, 0.1) is 6.54 Å². The first-order valence-electron chi connectivity index (χ1n) is 6.15.